The summed E-state index contributed by atoms with van der Waals surface area (Å²) in [6, 6.07) is 2.04. The van der Waals surface area contributed by atoms with Gasteiger partial charge < -0.3 is 4.74 Å². The van der Waals surface area contributed by atoms with Crippen LogP contribution in [0, 0.1) is 5.82 Å². The Bertz CT molecular complexity index is 398. The minimum Gasteiger partial charge on any atom is -0.427 e. The van der Waals surface area contributed by atoms with E-state index in [1.165, 1.54) is 6.92 Å². The lowest BCUT2D eigenvalue weighted by Crippen LogP contribution is -2.10. The molecule has 0 spiro atoms. The Morgan fingerprint density at radius 1 is 1.38 bits per heavy atom. The zero-order valence-electron chi connectivity index (χ0n) is 8.27. The molecule has 0 heterocycles. The van der Waals surface area contributed by atoms with Gasteiger partial charge in [-0.3, -0.25) is 4.79 Å². The summed E-state index contributed by atoms with van der Waals surface area (Å²) in [5.41, 5.74) is -1.45. The van der Waals surface area contributed by atoms with Crippen molar-refractivity contribution in [1.29, 1.82) is 0 Å². The predicted molar refractivity (Wildman–Crippen MR) is 47.3 cm³/mol. The number of hydrogen-bond donors (Lipinski definition) is 0. The zero-order chi connectivity index (χ0) is 12.3. The summed E-state index contributed by atoms with van der Waals surface area (Å²) in [4.78, 5) is 10.8. The van der Waals surface area contributed by atoms with E-state index in [1.54, 1.807) is 0 Å². The number of hydrogen-bond acceptors (Lipinski definition) is 2. The Balaban J connectivity index is 3.03. The van der Waals surface area contributed by atoms with E-state index in [9.17, 15) is 22.4 Å². The number of rotatable bonds is 2. The van der Waals surface area contributed by atoms with Crippen LogP contribution in [0.4, 0.5) is 17.6 Å². The van der Waals surface area contributed by atoms with Crippen LogP contribution < -0.4 is 4.74 Å². The van der Waals surface area contributed by atoms with E-state index in [0.717, 1.165) is 6.07 Å². The second-order valence-electron chi connectivity index (χ2n) is 2.97. The summed E-state index contributed by atoms with van der Waals surface area (Å²) in [5.74, 6) is -2.40. The quantitative estimate of drug-likeness (QED) is 0.448. The highest BCUT2D eigenvalue weighted by atomic mass is 19.4. The molecular formula is C10H8F4O2. The zero-order valence-corrected chi connectivity index (χ0v) is 8.27. The van der Waals surface area contributed by atoms with Crippen LogP contribution in [0.5, 0.6) is 5.75 Å². The first kappa shape index (κ1) is 12.5. The van der Waals surface area contributed by atoms with E-state index >= 15 is 0 Å². The fraction of sp³-hybridized carbons (Fsp3) is 0.300. The second kappa shape index (κ2) is 4.51. The van der Waals surface area contributed by atoms with Gasteiger partial charge in [-0.05, 0) is 18.2 Å². The van der Waals surface area contributed by atoms with E-state index < -0.39 is 23.5 Å². The Labute approximate surface area is 88.8 Å². The van der Waals surface area contributed by atoms with E-state index in [1.807, 2.05) is 0 Å². The van der Waals surface area contributed by atoms with Gasteiger partial charge in [0.25, 0.3) is 0 Å². The van der Waals surface area contributed by atoms with E-state index in [-0.39, 0.29) is 12.2 Å². The number of alkyl halides is 3. The largest absolute Gasteiger partial charge is 0.427 e. The number of carbonyl (C=O) groups excluding carboxylic acids is 1. The fourth-order valence-electron chi connectivity index (χ4n) is 0.989. The van der Waals surface area contributed by atoms with Crippen molar-refractivity contribution in [1.82, 2.24) is 0 Å². The van der Waals surface area contributed by atoms with Gasteiger partial charge in [0.2, 0.25) is 0 Å². The number of benzene rings is 1. The van der Waals surface area contributed by atoms with Crippen LogP contribution in [0.2, 0.25) is 0 Å². The molecule has 88 valence electrons. The third-order valence-electron chi connectivity index (χ3n) is 1.76. The number of carbonyl (C=O) groups is 1. The predicted octanol–water partition coefficient (Wildman–Crippen LogP) is 3.16. The van der Waals surface area contributed by atoms with Crippen molar-refractivity contribution >= 4 is 5.97 Å². The average Bonchev–Trinajstić information content (AvgIpc) is 2.19. The lowest BCUT2D eigenvalue weighted by molar-refractivity contribution is -0.141. The van der Waals surface area contributed by atoms with Gasteiger partial charge in [0, 0.05) is 6.42 Å². The molecule has 0 aliphatic rings. The minimum absolute atomic E-state index is 0.0265. The van der Waals surface area contributed by atoms with Gasteiger partial charge in [-0.1, -0.05) is 6.92 Å². The first-order valence-electron chi connectivity index (χ1n) is 4.42. The lowest BCUT2D eigenvalue weighted by Gasteiger charge is -2.09. The fourth-order valence-corrected chi connectivity index (χ4v) is 0.989. The summed E-state index contributed by atoms with van der Waals surface area (Å²) in [6.07, 6.45) is -4.78. The van der Waals surface area contributed by atoms with Gasteiger partial charge in [-0.2, -0.15) is 13.2 Å². The molecule has 0 aromatic heterocycles. The Kier molecular flexibility index (Phi) is 3.51. The summed E-state index contributed by atoms with van der Waals surface area (Å²) in [5, 5.41) is 0. The molecule has 0 atom stereocenters. The molecule has 0 N–H and O–H groups in total. The highest BCUT2D eigenvalue weighted by Crippen LogP contribution is 2.33. The average molecular weight is 236 g/mol. The van der Waals surface area contributed by atoms with Gasteiger partial charge in [-0.15, -0.1) is 0 Å². The van der Waals surface area contributed by atoms with E-state index in [2.05, 4.69) is 4.74 Å². The molecule has 0 radical (unpaired) electrons. The Morgan fingerprint density at radius 2 is 2.00 bits per heavy atom. The summed E-state index contributed by atoms with van der Waals surface area (Å²) < 4.78 is 54.2. The summed E-state index contributed by atoms with van der Waals surface area (Å²) in [7, 11) is 0. The summed E-state index contributed by atoms with van der Waals surface area (Å²) in [6.45, 7) is 1.50. The molecule has 0 unspecified atom stereocenters. The van der Waals surface area contributed by atoms with Crippen LogP contribution in [-0.4, -0.2) is 5.97 Å². The number of ether oxygens (including phenoxy) is 1. The van der Waals surface area contributed by atoms with Crippen LogP contribution in [0.25, 0.3) is 0 Å². The maximum atomic E-state index is 12.8. The molecule has 0 aliphatic carbocycles. The summed E-state index contributed by atoms with van der Waals surface area (Å²) >= 11 is 0. The number of halogens is 4. The third-order valence-corrected chi connectivity index (χ3v) is 1.76. The molecule has 0 saturated carbocycles. The van der Waals surface area contributed by atoms with Gasteiger partial charge in [-0.25, -0.2) is 4.39 Å². The van der Waals surface area contributed by atoms with Crippen molar-refractivity contribution < 1.29 is 27.1 Å². The monoisotopic (exact) mass is 236 g/mol. The van der Waals surface area contributed by atoms with Crippen molar-refractivity contribution in [2.24, 2.45) is 0 Å². The van der Waals surface area contributed by atoms with Gasteiger partial charge >= 0.3 is 12.1 Å². The van der Waals surface area contributed by atoms with E-state index in [0.29, 0.717) is 12.1 Å². The van der Waals surface area contributed by atoms with Crippen LogP contribution in [-0.2, 0) is 11.0 Å². The molecule has 6 heteroatoms. The first-order valence-corrected chi connectivity index (χ1v) is 4.42. The molecule has 16 heavy (non-hydrogen) atoms. The third kappa shape index (κ3) is 2.95. The SMILES string of the molecule is CCC(=O)Oc1ccc(F)c(C(F)(F)F)c1. The number of esters is 1. The molecule has 0 aliphatic heterocycles. The van der Waals surface area contributed by atoms with Crippen LogP contribution in [0.3, 0.4) is 0 Å². The highest BCUT2D eigenvalue weighted by molar-refractivity contribution is 5.71. The first-order chi connectivity index (χ1) is 7.34. The Hall–Kier alpha value is -1.59. The van der Waals surface area contributed by atoms with Crippen molar-refractivity contribution in [2.45, 2.75) is 19.5 Å². The van der Waals surface area contributed by atoms with Crippen LogP contribution in [0.1, 0.15) is 18.9 Å². The second-order valence-corrected chi connectivity index (χ2v) is 2.97. The van der Waals surface area contributed by atoms with Crippen LogP contribution >= 0.6 is 0 Å². The molecule has 0 bridgehead atoms. The molecule has 1 aromatic rings. The standard InChI is InChI=1S/C10H8F4O2/c1-2-9(15)16-6-3-4-8(11)7(5-6)10(12,13)14/h3-5H,2H2,1H3. The van der Waals surface area contributed by atoms with E-state index in [4.69, 9.17) is 0 Å². The highest BCUT2D eigenvalue weighted by Gasteiger charge is 2.34. The maximum absolute atomic E-state index is 12.8. The van der Waals surface area contributed by atoms with Crippen molar-refractivity contribution in [3.63, 3.8) is 0 Å². The van der Waals surface area contributed by atoms with Crippen molar-refractivity contribution in [3.05, 3.63) is 29.6 Å². The van der Waals surface area contributed by atoms with Crippen LogP contribution in [0.15, 0.2) is 18.2 Å². The Morgan fingerprint density at radius 3 is 2.50 bits per heavy atom. The van der Waals surface area contributed by atoms with Crippen molar-refractivity contribution in [2.75, 3.05) is 0 Å². The molecule has 1 aromatic carbocycles. The lowest BCUT2D eigenvalue weighted by atomic mass is 10.2. The van der Waals surface area contributed by atoms with Crippen molar-refractivity contribution in [3.8, 4) is 5.75 Å². The molecule has 1 rings (SSSR count). The topological polar surface area (TPSA) is 26.3 Å². The molecule has 0 amide bonds. The van der Waals surface area contributed by atoms with Gasteiger partial charge in [0.15, 0.2) is 0 Å². The smallest absolute Gasteiger partial charge is 0.419 e. The molecule has 0 fully saturated rings. The maximum Gasteiger partial charge on any atom is 0.419 e. The molecule has 2 nitrogen and oxygen atoms in total. The van der Waals surface area contributed by atoms with Gasteiger partial charge in [0.05, 0.1) is 5.56 Å². The van der Waals surface area contributed by atoms with Gasteiger partial charge in [0.1, 0.15) is 11.6 Å². The molecular weight excluding hydrogens is 228 g/mol. The normalized spacial score (nSPS) is 11.3. The minimum atomic E-state index is -4.81. The molecule has 0 saturated heterocycles.